The van der Waals surface area contributed by atoms with Gasteiger partial charge < -0.3 is 4.90 Å². The minimum absolute atomic E-state index is 0.452. The molecule has 0 aliphatic carbocycles. The largest absolute Gasteiger partial charge is 0.308 e. The molecule has 3 rings (SSSR count). The predicted octanol–water partition coefficient (Wildman–Crippen LogP) is 2.40. The van der Waals surface area contributed by atoms with E-state index in [2.05, 4.69) is 9.97 Å². The summed E-state index contributed by atoms with van der Waals surface area (Å²) in [5.41, 5.74) is 2.91. The number of carbonyl (C=O) groups is 2. The molecule has 0 spiro atoms. The first-order valence-electron chi connectivity index (χ1n) is 6.42. The van der Waals surface area contributed by atoms with Crippen molar-refractivity contribution in [3.05, 3.63) is 41.2 Å². The van der Waals surface area contributed by atoms with Crippen LogP contribution >= 0.6 is 11.8 Å². The third-order valence-corrected chi connectivity index (χ3v) is 4.10. The summed E-state index contributed by atoms with van der Waals surface area (Å²) in [4.78, 5) is 34.4. The van der Waals surface area contributed by atoms with Crippen LogP contribution < -0.4 is 4.90 Å². The lowest BCUT2D eigenvalue weighted by atomic mass is 10.1. The molecule has 0 bridgehead atoms. The van der Waals surface area contributed by atoms with Gasteiger partial charge in [-0.2, -0.15) is 0 Å². The molecule has 1 aliphatic heterocycles. The molecule has 0 fully saturated rings. The lowest BCUT2D eigenvalue weighted by Crippen LogP contribution is -2.24. The fourth-order valence-corrected chi connectivity index (χ4v) is 3.16. The maximum absolute atomic E-state index is 11.7. The zero-order valence-electron chi connectivity index (χ0n) is 11.9. The van der Waals surface area contributed by atoms with E-state index in [1.54, 1.807) is 13.1 Å². The number of hydrogen-bond donors (Lipinski definition) is 0. The second kappa shape index (κ2) is 4.96. The molecule has 6 heteroatoms. The van der Waals surface area contributed by atoms with Crippen molar-refractivity contribution in [2.24, 2.45) is 0 Å². The van der Waals surface area contributed by atoms with Gasteiger partial charge in [0.15, 0.2) is 5.16 Å². The molecule has 0 unspecified atom stereocenters. The number of nitrogens with zero attached hydrogens (tertiary/aromatic N) is 3. The van der Waals surface area contributed by atoms with E-state index in [9.17, 15) is 9.59 Å². The Labute approximate surface area is 126 Å². The summed E-state index contributed by atoms with van der Waals surface area (Å²) in [6, 6.07) is 7.24. The van der Waals surface area contributed by atoms with E-state index in [1.807, 2.05) is 32.0 Å². The maximum atomic E-state index is 11.7. The van der Waals surface area contributed by atoms with Crippen LogP contribution in [0, 0.1) is 13.8 Å². The molecule has 21 heavy (non-hydrogen) atoms. The SMILES string of the molecule is Cc1cc(C)nc(Sc2ccc3c(c2)N(C)C(=O)C3=O)n1. The Morgan fingerprint density at radius 2 is 1.71 bits per heavy atom. The molecule has 0 radical (unpaired) electrons. The van der Waals surface area contributed by atoms with E-state index < -0.39 is 11.7 Å². The van der Waals surface area contributed by atoms with Gasteiger partial charge in [0.25, 0.3) is 11.7 Å². The highest BCUT2D eigenvalue weighted by atomic mass is 32.2. The average molecular weight is 299 g/mol. The van der Waals surface area contributed by atoms with Crippen LogP contribution in [-0.2, 0) is 4.79 Å². The summed E-state index contributed by atoms with van der Waals surface area (Å²) < 4.78 is 0. The zero-order chi connectivity index (χ0) is 15.1. The Morgan fingerprint density at radius 3 is 2.38 bits per heavy atom. The van der Waals surface area contributed by atoms with E-state index in [1.165, 1.54) is 16.7 Å². The van der Waals surface area contributed by atoms with Crippen LogP contribution in [0.1, 0.15) is 21.7 Å². The van der Waals surface area contributed by atoms with Crippen molar-refractivity contribution in [2.75, 3.05) is 11.9 Å². The van der Waals surface area contributed by atoms with Gasteiger partial charge in [-0.15, -0.1) is 0 Å². The van der Waals surface area contributed by atoms with Crippen LogP contribution in [0.3, 0.4) is 0 Å². The van der Waals surface area contributed by atoms with Gasteiger partial charge in [-0.3, -0.25) is 9.59 Å². The van der Waals surface area contributed by atoms with E-state index in [0.29, 0.717) is 16.4 Å². The standard InChI is InChI=1S/C15H13N3O2S/c1-8-6-9(2)17-15(16-8)21-10-4-5-11-12(7-10)18(3)14(20)13(11)19/h4-7H,1-3H3. The van der Waals surface area contributed by atoms with Crippen LogP contribution in [0.4, 0.5) is 5.69 Å². The number of anilines is 1. The number of rotatable bonds is 2. The molecular weight excluding hydrogens is 286 g/mol. The van der Waals surface area contributed by atoms with Gasteiger partial charge in [-0.25, -0.2) is 9.97 Å². The van der Waals surface area contributed by atoms with E-state index in [4.69, 9.17) is 0 Å². The van der Waals surface area contributed by atoms with Gasteiger partial charge >= 0.3 is 0 Å². The first kappa shape index (κ1) is 13.8. The van der Waals surface area contributed by atoms with Gasteiger partial charge in [-0.1, -0.05) is 0 Å². The molecule has 0 N–H and O–H groups in total. The highest BCUT2D eigenvalue weighted by Gasteiger charge is 2.33. The fraction of sp³-hybridized carbons (Fsp3) is 0.200. The van der Waals surface area contributed by atoms with E-state index >= 15 is 0 Å². The van der Waals surface area contributed by atoms with Crippen molar-refractivity contribution in [1.82, 2.24) is 9.97 Å². The van der Waals surface area contributed by atoms with Gasteiger partial charge in [-0.05, 0) is 49.9 Å². The third kappa shape index (κ3) is 2.42. The lowest BCUT2D eigenvalue weighted by molar-refractivity contribution is -0.114. The maximum Gasteiger partial charge on any atom is 0.299 e. The van der Waals surface area contributed by atoms with Gasteiger partial charge in [0.1, 0.15) is 0 Å². The number of aryl methyl sites for hydroxylation is 2. The van der Waals surface area contributed by atoms with E-state index in [0.717, 1.165) is 16.3 Å². The van der Waals surface area contributed by atoms with Crippen molar-refractivity contribution >= 4 is 29.1 Å². The molecule has 0 saturated carbocycles. The molecule has 2 heterocycles. The average Bonchev–Trinajstić information content (AvgIpc) is 2.63. The number of likely N-dealkylation sites (N-methyl/N-ethyl adjacent to an activating group) is 1. The number of hydrogen-bond acceptors (Lipinski definition) is 5. The fourth-order valence-electron chi connectivity index (χ4n) is 2.27. The third-order valence-electron chi connectivity index (χ3n) is 3.24. The number of amides is 1. The predicted molar refractivity (Wildman–Crippen MR) is 79.8 cm³/mol. The highest BCUT2D eigenvalue weighted by Crippen LogP contribution is 2.34. The number of fused-ring (bicyclic) bond motifs is 1. The highest BCUT2D eigenvalue weighted by molar-refractivity contribution is 7.99. The first-order valence-corrected chi connectivity index (χ1v) is 7.24. The molecule has 0 atom stereocenters. The van der Waals surface area contributed by atoms with Crippen molar-refractivity contribution in [3.63, 3.8) is 0 Å². The van der Waals surface area contributed by atoms with Crippen LogP contribution in [-0.4, -0.2) is 28.7 Å². The molecule has 1 aromatic carbocycles. The van der Waals surface area contributed by atoms with Crippen molar-refractivity contribution in [1.29, 1.82) is 0 Å². The normalized spacial score (nSPS) is 13.8. The van der Waals surface area contributed by atoms with Crippen molar-refractivity contribution < 1.29 is 9.59 Å². The molecule has 2 aromatic rings. The van der Waals surface area contributed by atoms with Crippen LogP contribution in [0.5, 0.6) is 0 Å². The minimum Gasteiger partial charge on any atom is -0.308 e. The molecule has 1 aromatic heterocycles. The number of Topliss-reactive ketones (excluding diaryl/α,β-unsaturated/α-hetero) is 1. The Morgan fingerprint density at radius 1 is 1.05 bits per heavy atom. The smallest absolute Gasteiger partial charge is 0.299 e. The van der Waals surface area contributed by atoms with Crippen LogP contribution in [0.25, 0.3) is 0 Å². The monoisotopic (exact) mass is 299 g/mol. The first-order chi connectivity index (χ1) is 9.95. The number of aromatic nitrogens is 2. The lowest BCUT2D eigenvalue weighted by Gasteiger charge is -2.10. The molecule has 0 saturated heterocycles. The van der Waals surface area contributed by atoms with Gasteiger partial charge in [0.05, 0.1) is 11.3 Å². The van der Waals surface area contributed by atoms with Crippen LogP contribution in [0.15, 0.2) is 34.3 Å². The summed E-state index contributed by atoms with van der Waals surface area (Å²) in [5, 5.41) is 0.658. The number of carbonyl (C=O) groups excluding carboxylic acids is 2. The minimum atomic E-state index is -0.491. The molecule has 1 aliphatic rings. The van der Waals surface area contributed by atoms with Crippen molar-refractivity contribution in [2.45, 2.75) is 23.9 Å². The quantitative estimate of drug-likeness (QED) is 0.629. The zero-order valence-corrected chi connectivity index (χ0v) is 12.7. The Balaban J connectivity index is 1.95. The molecule has 1 amide bonds. The Hall–Kier alpha value is -2.21. The van der Waals surface area contributed by atoms with Gasteiger partial charge in [0.2, 0.25) is 0 Å². The van der Waals surface area contributed by atoms with Crippen molar-refractivity contribution in [3.8, 4) is 0 Å². The second-order valence-electron chi connectivity index (χ2n) is 4.91. The number of benzene rings is 1. The summed E-state index contributed by atoms with van der Waals surface area (Å²) in [6.07, 6.45) is 0. The summed E-state index contributed by atoms with van der Waals surface area (Å²) >= 11 is 1.41. The second-order valence-corrected chi connectivity index (χ2v) is 5.95. The van der Waals surface area contributed by atoms with E-state index in [-0.39, 0.29) is 0 Å². The summed E-state index contributed by atoms with van der Waals surface area (Å²) in [7, 11) is 1.60. The Bertz CT molecular complexity index is 753. The summed E-state index contributed by atoms with van der Waals surface area (Å²) in [5.74, 6) is -0.943. The topological polar surface area (TPSA) is 63.2 Å². The molecule has 5 nitrogen and oxygen atoms in total. The van der Waals surface area contributed by atoms with Crippen LogP contribution in [0.2, 0.25) is 0 Å². The molecule has 106 valence electrons. The molecular formula is C15H13N3O2S. The van der Waals surface area contributed by atoms with Gasteiger partial charge in [0, 0.05) is 23.3 Å². The summed E-state index contributed by atoms with van der Waals surface area (Å²) in [6.45, 7) is 3.85. The Kier molecular flexibility index (Phi) is 3.25. The number of ketones is 1.